The predicted molar refractivity (Wildman–Crippen MR) is 36.1 cm³/mol. The van der Waals surface area contributed by atoms with Crippen LogP contribution in [0.15, 0.2) is 5.11 Å². The van der Waals surface area contributed by atoms with Gasteiger partial charge in [0.25, 0.3) is 0 Å². The Bertz CT molecular complexity index is 188. The Labute approximate surface area is 61.8 Å². The molecule has 11 heavy (non-hydrogen) atoms. The van der Waals surface area contributed by atoms with Crippen molar-refractivity contribution in [2.24, 2.45) is 5.11 Å². The first-order valence-electron chi connectivity index (χ1n) is 2.29. The lowest BCUT2D eigenvalue weighted by molar-refractivity contribution is -0.138. The third-order valence-electron chi connectivity index (χ3n) is 0.491. The number of ether oxygens (including phenoxy) is 1. The van der Waals surface area contributed by atoms with Gasteiger partial charge in [0.05, 0.1) is 7.11 Å². The number of esters is 1. The highest BCUT2D eigenvalue weighted by molar-refractivity contribution is 5.71. The molecule has 0 rings (SSSR count). The van der Waals surface area contributed by atoms with E-state index < -0.39 is 5.97 Å². The lowest BCUT2D eigenvalue weighted by Gasteiger charge is -1.87. The standard InChI is InChI=1S/C3H5N3O2.N3/c1-8-3(7)2-5-6-4;1-3-2/h2H2,1H3;/q;-1. The second kappa shape index (κ2) is 11.0. The molecule has 0 aromatic heterocycles. The number of rotatable bonds is 2. The smallest absolute Gasteiger partial charge is 0.311 e. The van der Waals surface area contributed by atoms with Crippen molar-refractivity contribution in [2.75, 3.05) is 13.7 Å². The minimum Gasteiger partial charge on any atom is -0.469 e. The molecule has 0 saturated heterocycles. The lowest BCUT2D eigenvalue weighted by Crippen LogP contribution is -2.02. The zero-order valence-corrected chi connectivity index (χ0v) is 5.71. The first kappa shape index (κ1) is 11.8. The Morgan fingerprint density at radius 2 is 2.00 bits per heavy atom. The molecular weight excluding hydrogens is 152 g/mol. The van der Waals surface area contributed by atoms with Crippen LogP contribution in [0.25, 0.3) is 26.4 Å². The summed E-state index contributed by atoms with van der Waals surface area (Å²) in [5.41, 5.74) is 21.2. The molecule has 0 radical (unpaired) electrons. The van der Waals surface area contributed by atoms with Gasteiger partial charge >= 0.3 is 5.97 Å². The Hall–Kier alpha value is -1.91. The number of hydrogen-bond acceptors (Lipinski definition) is 3. The van der Waals surface area contributed by atoms with Gasteiger partial charge < -0.3 is 15.8 Å². The largest absolute Gasteiger partial charge is 0.469 e. The van der Waals surface area contributed by atoms with E-state index in [0.29, 0.717) is 0 Å². The first-order chi connectivity index (χ1) is 5.22. The highest BCUT2D eigenvalue weighted by Crippen LogP contribution is 1.74. The molecule has 0 aromatic rings. The minimum atomic E-state index is -0.525. The fourth-order valence-electron chi connectivity index (χ4n) is 0.154. The van der Waals surface area contributed by atoms with E-state index in [-0.39, 0.29) is 6.54 Å². The second-order valence-electron chi connectivity index (χ2n) is 1.05. The molecular formula is C3H5N6O2-. The SMILES string of the molecule is COC(=O)CN=[N+]=[N-].[N-]=[N+]=[N-]. The second-order valence-corrected chi connectivity index (χ2v) is 1.05. The molecule has 0 heterocycles. The van der Waals surface area contributed by atoms with E-state index in [1.165, 1.54) is 12.0 Å². The van der Waals surface area contributed by atoms with E-state index in [9.17, 15) is 4.79 Å². The first-order valence-corrected chi connectivity index (χ1v) is 2.29. The van der Waals surface area contributed by atoms with Gasteiger partial charge in [0, 0.05) is 4.91 Å². The Morgan fingerprint density at radius 1 is 1.55 bits per heavy atom. The average molecular weight is 157 g/mol. The van der Waals surface area contributed by atoms with Crippen LogP contribution in [0, 0.1) is 0 Å². The number of methoxy groups -OCH3 is 1. The predicted octanol–water partition coefficient (Wildman–Crippen LogP) is 1.34. The maximum absolute atomic E-state index is 10.1. The summed E-state index contributed by atoms with van der Waals surface area (Å²) in [6, 6.07) is 0. The summed E-state index contributed by atoms with van der Waals surface area (Å²) in [4.78, 5) is 13.9. The van der Waals surface area contributed by atoms with Crippen LogP contribution in [0.5, 0.6) is 0 Å². The third-order valence-corrected chi connectivity index (χ3v) is 0.491. The molecule has 0 aliphatic carbocycles. The summed E-state index contributed by atoms with van der Waals surface area (Å²) in [6.45, 7) is -0.229. The van der Waals surface area contributed by atoms with Crippen LogP contribution in [0.1, 0.15) is 0 Å². The zero-order valence-electron chi connectivity index (χ0n) is 5.71. The van der Waals surface area contributed by atoms with Gasteiger partial charge in [0.1, 0.15) is 6.54 Å². The van der Waals surface area contributed by atoms with Crippen LogP contribution >= 0.6 is 0 Å². The topological polar surface area (TPSA) is 134 Å². The number of carbonyl (C=O) groups excluding carboxylic acids is 1. The van der Waals surface area contributed by atoms with E-state index in [0.717, 1.165) is 0 Å². The summed E-state index contributed by atoms with van der Waals surface area (Å²) in [7, 11) is 1.23. The van der Waals surface area contributed by atoms with Gasteiger partial charge in [-0.15, -0.1) is 0 Å². The highest BCUT2D eigenvalue weighted by atomic mass is 16.5. The lowest BCUT2D eigenvalue weighted by atomic mass is 10.7. The van der Waals surface area contributed by atoms with E-state index >= 15 is 0 Å². The van der Waals surface area contributed by atoms with E-state index in [4.69, 9.17) is 16.6 Å². The molecule has 0 spiro atoms. The van der Waals surface area contributed by atoms with Crippen molar-refractivity contribution >= 4 is 5.97 Å². The molecule has 8 heteroatoms. The number of azide groups is 1. The van der Waals surface area contributed by atoms with Gasteiger partial charge in [0.15, 0.2) is 0 Å². The highest BCUT2D eigenvalue weighted by Gasteiger charge is 1.92. The maximum Gasteiger partial charge on any atom is 0.311 e. The summed E-state index contributed by atoms with van der Waals surface area (Å²) in [6.07, 6.45) is 0. The van der Waals surface area contributed by atoms with Crippen LogP contribution in [0.3, 0.4) is 0 Å². The van der Waals surface area contributed by atoms with Crippen LogP contribution in [-0.4, -0.2) is 19.6 Å². The normalized spacial score (nSPS) is 5.91. The zero-order chi connectivity index (χ0) is 9.11. The van der Waals surface area contributed by atoms with Gasteiger partial charge in [-0.05, 0) is 5.53 Å². The minimum absolute atomic E-state index is 0.229. The Morgan fingerprint density at radius 3 is 2.27 bits per heavy atom. The van der Waals surface area contributed by atoms with E-state index in [1.54, 1.807) is 0 Å². The van der Waals surface area contributed by atoms with Crippen molar-refractivity contribution in [1.29, 1.82) is 0 Å². The maximum atomic E-state index is 10.1. The summed E-state index contributed by atoms with van der Waals surface area (Å²) < 4.78 is 4.15. The molecule has 60 valence electrons. The molecule has 0 aliphatic rings. The summed E-state index contributed by atoms with van der Waals surface area (Å²) >= 11 is 0. The van der Waals surface area contributed by atoms with Crippen molar-refractivity contribution in [2.45, 2.75) is 0 Å². The van der Waals surface area contributed by atoms with Crippen molar-refractivity contribution in [3.8, 4) is 0 Å². The monoisotopic (exact) mass is 157 g/mol. The van der Waals surface area contributed by atoms with Crippen LogP contribution in [0.4, 0.5) is 0 Å². The Kier molecular flexibility index (Phi) is 11.8. The molecule has 8 nitrogen and oxygen atoms in total. The number of nitrogens with zero attached hydrogens (tertiary/aromatic N) is 6. The molecule has 0 fully saturated rings. The quantitative estimate of drug-likeness (QED) is 0.258. The summed E-state index contributed by atoms with van der Waals surface area (Å²) in [5.74, 6) is -0.525. The van der Waals surface area contributed by atoms with Crippen LogP contribution in [-0.2, 0) is 9.53 Å². The van der Waals surface area contributed by atoms with Crippen molar-refractivity contribution in [3.63, 3.8) is 0 Å². The van der Waals surface area contributed by atoms with Crippen LogP contribution in [0.2, 0.25) is 0 Å². The van der Waals surface area contributed by atoms with Crippen molar-refractivity contribution < 1.29 is 9.53 Å². The number of hydrogen-bond donors (Lipinski definition) is 0. The molecule has 0 aliphatic heterocycles. The third kappa shape index (κ3) is 17.9. The fraction of sp³-hybridized carbons (Fsp3) is 0.667. The average Bonchev–Trinajstić information content (AvgIpc) is 2.02. The number of carbonyl (C=O) groups is 1. The van der Waals surface area contributed by atoms with Crippen molar-refractivity contribution in [3.05, 3.63) is 26.4 Å². The molecule has 0 amide bonds. The molecule has 0 aromatic carbocycles. The van der Waals surface area contributed by atoms with Gasteiger partial charge in [-0.1, -0.05) is 5.11 Å². The molecule has 0 saturated carbocycles. The van der Waals surface area contributed by atoms with E-state index in [1.807, 2.05) is 0 Å². The molecule has 0 bridgehead atoms. The van der Waals surface area contributed by atoms with Gasteiger partial charge in [-0.3, -0.25) is 9.71 Å². The van der Waals surface area contributed by atoms with Crippen LogP contribution < -0.4 is 0 Å². The fourth-order valence-corrected chi connectivity index (χ4v) is 0.154. The van der Waals surface area contributed by atoms with Gasteiger partial charge in [-0.2, -0.15) is 0 Å². The van der Waals surface area contributed by atoms with Crippen molar-refractivity contribution in [1.82, 2.24) is 0 Å². The molecule has 0 unspecified atom stereocenters. The molecule has 0 atom stereocenters. The Balaban J connectivity index is 0. The summed E-state index contributed by atoms with van der Waals surface area (Å²) in [5, 5.41) is 2.95. The van der Waals surface area contributed by atoms with E-state index in [2.05, 4.69) is 14.8 Å². The molecule has 0 N–H and O–H groups in total. The van der Waals surface area contributed by atoms with Gasteiger partial charge in [-0.25, -0.2) is 0 Å². The van der Waals surface area contributed by atoms with Gasteiger partial charge in [0.2, 0.25) is 0 Å².